The predicted octanol–water partition coefficient (Wildman–Crippen LogP) is 2.18. The van der Waals surface area contributed by atoms with Gasteiger partial charge in [-0.2, -0.15) is 0 Å². The molecule has 0 saturated carbocycles. The largest absolute Gasteiger partial charge is 0.445 e. The number of oxime groups is 1. The Morgan fingerprint density at radius 2 is 2.21 bits per heavy atom. The minimum atomic E-state index is 0.0595. The minimum Gasteiger partial charge on any atom is -0.445 e. The molecule has 72 valence electrons. The Morgan fingerprint density at radius 1 is 1.43 bits per heavy atom. The number of benzene rings is 1. The molecule has 1 aromatic heterocycles. The SMILES string of the molecule is N/C(=N/O)c1ccc2oc(Cl)cc2c1. The Balaban J connectivity index is 2.61. The van der Waals surface area contributed by atoms with Crippen LogP contribution >= 0.6 is 11.6 Å². The zero-order chi connectivity index (χ0) is 10.1. The molecule has 0 fully saturated rings. The van der Waals surface area contributed by atoms with E-state index in [0.717, 1.165) is 5.39 Å². The highest BCUT2D eigenvalue weighted by Crippen LogP contribution is 2.23. The third-order valence-corrected chi connectivity index (χ3v) is 2.08. The number of nitrogens with two attached hydrogens (primary N) is 1. The van der Waals surface area contributed by atoms with Gasteiger partial charge in [0.25, 0.3) is 0 Å². The van der Waals surface area contributed by atoms with Crippen molar-refractivity contribution in [2.24, 2.45) is 10.9 Å². The van der Waals surface area contributed by atoms with Crippen LogP contribution < -0.4 is 5.73 Å². The van der Waals surface area contributed by atoms with E-state index in [2.05, 4.69) is 5.16 Å². The molecule has 0 saturated heterocycles. The van der Waals surface area contributed by atoms with Crippen molar-refractivity contribution in [2.45, 2.75) is 0 Å². The van der Waals surface area contributed by atoms with Crippen LogP contribution in [0, 0.1) is 0 Å². The summed E-state index contributed by atoms with van der Waals surface area (Å²) in [6.45, 7) is 0. The normalized spacial score (nSPS) is 12.2. The maximum absolute atomic E-state index is 8.48. The molecule has 0 spiro atoms. The second-order valence-electron chi connectivity index (χ2n) is 2.79. The fraction of sp³-hybridized carbons (Fsp3) is 0. The summed E-state index contributed by atoms with van der Waals surface area (Å²) in [4.78, 5) is 0. The molecule has 0 aliphatic rings. The number of fused-ring (bicyclic) bond motifs is 1. The minimum absolute atomic E-state index is 0.0595. The van der Waals surface area contributed by atoms with Crippen LogP contribution in [0.1, 0.15) is 5.56 Å². The van der Waals surface area contributed by atoms with E-state index in [1.54, 1.807) is 24.3 Å². The van der Waals surface area contributed by atoms with Crippen LogP contribution in [0.15, 0.2) is 33.8 Å². The van der Waals surface area contributed by atoms with Crippen LogP contribution in [0.2, 0.25) is 5.22 Å². The first-order valence-electron chi connectivity index (χ1n) is 3.87. The van der Waals surface area contributed by atoms with Crippen LogP contribution in [-0.4, -0.2) is 11.0 Å². The van der Waals surface area contributed by atoms with E-state index in [1.807, 2.05) is 0 Å². The molecule has 0 aliphatic carbocycles. The highest BCUT2D eigenvalue weighted by Gasteiger charge is 2.04. The second-order valence-corrected chi connectivity index (χ2v) is 3.16. The fourth-order valence-corrected chi connectivity index (χ4v) is 1.43. The van der Waals surface area contributed by atoms with Gasteiger partial charge in [-0.25, -0.2) is 0 Å². The third kappa shape index (κ3) is 1.40. The van der Waals surface area contributed by atoms with Gasteiger partial charge in [-0.05, 0) is 29.8 Å². The summed E-state index contributed by atoms with van der Waals surface area (Å²) < 4.78 is 5.16. The lowest BCUT2D eigenvalue weighted by atomic mass is 10.1. The van der Waals surface area contributed by atoms with Crippen molar-refractivity contribution in [1.29, 1.82) is 0 Å². The molecule has 2 aromatic rings. The van der Waals surface area contributed by atoms with Gasteiger partial charge in [-0.3, -0.25) is 0 Å². The van der Waals surface area contributed by atoms with Crippen LogP contribution in [-0.2, 0) is 0 Å². The van der Waals surface area contributed by atoms with E-state index in [9.17, 15) is 0 Å². The fourth-order valence-electron chi connectivity index (χ4n) is 1.23. The molecule has 0 bridgehead atoms. The first-order valence-corrected chi connectivity index (χ1v) is 4.25. The Morgan fingerprint density at radius 3 is 2.93 bits per heavy atom. The topological polar surface area (TPSA) is 71.8 Å². The molecule has 0 unspecified atom stereocenters. The molecule has 14 heavy (non-hydrogen) atoms. The van der Waals surface area contributed by atoms with E-state index >= 15 is 0 Å². The molecule has 2 rings (SSSR count). The Kier molecular flexibility index (Phi) is 2.05. The predicted molar refractivity (Wildman–Crippen MR) is 53.7 cm³/mol. The van der Waals surface area contributed by atoms with Crippen molar-refractivity contribution in [2.75, 3.05) is 0 Å². The zero-order valence-electron chi connectivity index (χ0n) is 7.07. The van der Waals surface area contributed by atoms with Crippen molar-refractivity contribution >= 4 is 28.4 Å². The highest BCUT2D eigenvalue weighted by atomic mass is 35.5. The van der Waals surface area contributed by atoms with Gasteiger partial charge >= 0.3 is 0 Å². The number of rotatable bonds is 1. The van der Waals surface area contributed by atoms with Crippen LogP contribution in [0.4, 0.5) is 0 Å². The molecular formula is C9H7ClN2O2. The molecule has 0 radical (unpaired) electrons. The molecule has 0 amide bonds. The average molecular weight is 211 g/mol. The van der Waals surface area contributed by atoms with Crippen LogP contribution in [0.5, 0.6) is 0 Å². The smallest absolute Gasteiger partial charge is 0.194 e. The number of amidine groups is 1. The number of furan rings is 1. The van der Waals surface area contributed by atoms with E-state index in [0.29, 0.717) is 16.4 Å². The number of nitrogens with zero attached hydrogens (tertiary/aromatic N) is 1. The van der Waals surface area contributed by atoms with Crippen molar-refractivity contribution in [1.82, 2.24) is 0 Å². The molecule has 4 nitrogen and oxygen atoms in total. The van der Waals surface area contributed by atoms with Gasteiger partial charge in [0.15, 0.2) is 11.1 Å². The van der Waals surface area contributed by atoms with E-state index in [4.69, 9.17) is 27.0 Å². The van der Waals surface area contributed by atoms with Crippen LogP contribution in [0.3, 0.4) is 0 Å². The van der Waals surface area contributed by atoms with Crippen molar-refractivity contribution in [3.05, 3.63) is 35.0 Å². The van der Waals surface area contributed by atoms with Gasteiger partial charge in [0.2, 0.25) is 0 Å². The van der Waals surface area contributed by atoms with Gasteiger partial charge in [0, 0.05) is 17.0 Å². The third-order valence-electron chi connectivity index (χ3n) is 1.89. The first-order chi connectivity index (χ1) is 6.70. The molecule has 0 aliphatic heterocycles. The average Bonchev–Trinajstić information content (AvgIpc) is 2.55. The van der Waals surface area contributed by atoms with Gasteiger partial charge in [-0.1, -0.05) is 5.16 Å². The summed E-state index contributed by atoms with van der Waals surface area (Å²) >= 11 is 5.67. The zero-order valence-corrected chi connectivity index (χ0v) is 7.82. The summed E-state index contributed by atoms with van der Waals surface area (Å²) in [5, 5.41) is 12.5. The Bertz CT molecular complexity index is 504. The Hall–Kier alpha value is -1.68. The van der Waals surface area contributed by atoms with E-state index in [1.165, 1.54) is 0 Å². The maximum Gasteiger partial charge on any atom is 0.194 e. The lowest BCUT2D eigenvalue weighted by Crippen LogP contribution is -2.12. The molecule has 1 aromatic carbocycles. The maximum atomic E-state index is 8.48. The molecular weight excluding hydrogens is 204 g/mol. The summed E-state index contributed by atoms with van der Waals surface area (Å²) in [5.41, 5.74) is 6.72. The van der Waals surface area contributed by atoms with Crippen molar-refractivity contribution < 1.29 is 9.62 Å². The quantitative estimate of drug-likeness (QED) is 0.328. The van der Waals surface area contributed by atoms with Gasteiger partial charge in [0.05, 0.1) is 0 Å². The standard InChI is InChI=1S/C9H7ClN2O2/c10-8-4-6-3-5(9(11)12-13)1-2-7(6)14-8/h1-4,13H,(H2,11,12). The van der Waals surface area contributed by atoms with E-state index in [-0.39, 0.29) is 5.84 Å². The molecule has 5 heteroatoms. The van der Waals surface area contributed by atoms with Crippen LogP contribution in [0.25, 0.3) is 11.0 Å². The number of hydrogen-bond acceptors (Lipinski definition) is 3. The lowest BCUT2D eigenvalue weighted by molar-refractivity contribution is 0.318. The second kappa shape index (κ2) is 3.23. The summed E-state index contributed by atoms with van der Waals surface area (Å²) in [6, 6.07) is 6.82. The van der Waals surface area contributed by atoms with Gasteiger partial charge in [0.1, 0.15) is 5.58 Å². The summed E-state index contributed by atoms with van der Waals surface area (Å²) in [6.07, 6.45) is 0. The highest BCUT2D eigenvalue weighted by molar-refractivity contribution is 6.29. The molecule has 0 atom stereocenters. The summed E-state index contributed by atoms with van der Waals surface area (Å²) in [5.74, 6) is 0.0595. The monoisotopic (exact) mass is 210 g/mol. The molecule has 1 heterocycles. The van der Waals surface area contributed by atoms with E-state index < -0.39 is 0 Å². The van der Waals surface area contributed by atoms with Crippen molar-refractivity contribution in [3.63, 3.8) is 0 Å². The Labute approximate surface area is 84.6 Å². The van der Waals surface area contributed by atoms with Crippen molar-refractivity contribution in [3.8, 4) is 0 Å². The number of halogens is 1. The first kappa shape index (κ1) is 8.90. The van der Waals surface area contributed by atoms with Gasteiger partial charge in [-0.15, -0.1) is 0 Å². The lowest BCUT2D eigenvalue weighted by Gasteiger charge is -1.96. The molecule has 3 N–H and O–H groups in total. The van der Waals surface area contributed by atoms with Gasteiger partial charge < -0.3 is 15.4 Å². The number of hydrogen-bond donors (Lipinski definition) is 2. The summed E-state index contributed by atoms with van der Waals surface area (Å²) in [7, 11) is 0.